The van der Waals surface area contributed by atoms with Gasteiger partial charge in [0.1, 0.15) is 5.75 Å². The monoisotopic (exact) mass is 301 g/mol. The minimum atomic E-state index is -0.589. The lowest BCUT2D eigenvalue weighted by Gasteiger charge is -2.39. The smallest absolute Gasteiger partial charge is 0.275 e. The van der Waals surface area contributed by atoms with Crippen molar-refractivity contribution < 1.29 is 9.53 Å². The lowest BCUT2D eigenvalue weighted by molar-refractivity contribution is -0.135. The SMILES string of the molecule is CC(Oc1ccc(C#N)cc1)C(=O)NN1C(C)CCCC1C. The Morgan fingerprint density at radius 2 is 1.91 bits per heavy atom. The predicted molar refractivity (Wildman–Crippen MR) is 84.0 cm³/mol. The van der Waals surface area contributed by atoms with Gasteiger partial charge >= 0.3 is 0 Å². The fourth-order valence-electron chi connectivity index (χ4n) is 2.73. The van der Waals surface area contributed by atoms with Gasteiger partial charge in [0.25, 0.3) is 5.91 Å². The molecule has 0 radical (unpaired) electrons. The number of nitrogens with one attached hydrogen (secondary N) is 1. The van der Waals surface area contributed by atoms with E-state index in [1.165, 1.54) is 6.42 Å². The molecule has 3 unspecified atom stereocenters. The van der Waals surface area contributed by atoms with Crippen LogP contribution in [0.1, 0.15) is 45.6 Å². The Balaban J connectivity index is 1.92. The Morgan fingerprint density at radius 3 is 2.45 bits per heavy atom. The van der Waals surface area contributed by atoms with Crippen LogP contribution in [0.2, 0.25) is 0 Å². The molecule has 5 nitrogen and oxygen atoms in total. The molecule has 118 valence electrons. The summed E-state index contributed by atoms with van der Waals surface area (Å²) in [6.07, 6.45) is 2.80. The average molecular weight is 301 g/mol. The van der Waals surface area contributed by atoms with Gasteiger partial charge in [-0.15, -0.1) is 0 Å². The van der Waals surface area contributed by atoms with E-state index in [1.54, 1.807) is 31.2 Å². The van der Waals surface area contributed by atoms with Crippen molar-refractivity contribution in [3.8, 4) is 11.8 Å². The quantitative estimate of drug-likeness (QED) is 0.928. The number of hydrazine groups is 1. The number of amides is 1. The molecular weight excluding hydrogens is 278 g/mol. The summed E-state index contributed by atoms with van der Waals surface area (Å²) in [7, 11) is 0. The summed E-state index contributed by atoms with van der Waals surface area (Å²) in [4.78, 5) is 12.3. The van der Waals surface area contributed by atoms with Gasteiger partial charge < -0.3 is 4.74 Å². The number of hydrogen-bond acceptors (Lipinski definition) is 4. The first-order valence-corrected chi connectivity index (χ1v) is 7.77. The number of benzene rings is 1. The number of hydrogen-bond donors (Lipinski definition) is 1. The Bertz CT molecular complexity index is 540. The zero-order valence-corrected chi connectivity index (χ0v) is 13.4. The van der Waals surface area contributed by atoms with Crippen LogP contribution in [0.25, 0.3) is 0 Å². The number of ether oxygens (including phenoxy) is 1. The van der Waals surface area contributed by atoms with Crippen molar-refractivity contribution in [2.75, 3.05) is 0 Å². The summed E-state index contributed by atoms with van der Waals surface area (Å²) in [5.41, 5.74) is 3.55. The van der Waals surface area contributed by atoms with Gasteiger partial charge in [-0.1, -0.05) is 6.42 Å². The van der Waals surface area contributed by atoms with Gasteiger partial charge in [0, 0.05) is 12.1 Å². The molecule has 1 aliphatic rings. The number of nitrogens with zero attached hydrogens (tertiary/aromatic N) is 2. The van der Waals surface area contributed by atoms with Crippen LogP contribution in [0.4, 0.5) is 0 Å². The summed E-state index contributed by atoms with van der Waals surface area (Å²) in [6, 6.07) is 9.49. The number of carbonyl (C=O) groups is 1. The normalized spacial score (nSPS) is 23.4. The molecule has 1 fully saturated rings. The maximum Gasteiger partial charge on any atom is 0.275 e. The molecule has 1 saturated heterocycles. The molecule has 2 rings (SSSR count). The number of nitriles is 1. The van der Waals surface area contributed by atoms with Crippen LogP contribution in [-0.4, -0.2) is 29.1 Å². The van der Waals surface area contributed by atoms with Gasteiger partial charge in [-0.3, -0.25) is 10.2 Å². The summed E-state index contributed by atoms with van der Waals surface area (Å²) in [6.45, 7) is 5.98. The maximum atomic E-state index is 12.3. The van der Waals surface area contributed by atoms with Gasteiger partial charge in [0.15, 0.2) is 6.10 Å². The van der Waals surface area contributed by atoms with E-state index < -0.39 is 6.10 Å². The molecule has 0 aromatic heterocycles. The third-order valence-electron chi connectivity index (χ3n) is 4.10. The first-order valence-electron chi connectivity index (χ1n) is 7.77. The van der Waals surface area contributed by atoms with Crippen molar-refractivity contribution in [2.24, 2.45) is 0 Å². The summed E-state index contributed by atoms with van der Waals surface area (Å²) in [5, 5.41) is 10.8. The van der Waals surface area contributed by atoms with Crippen LogP contribution in [0.5, 0.6) is 5.75 Å². The predicted octanol–water partition coefficient (Wildman–Crippen LogP) is 2.62. The standard InChI is InChI=1S/C17H23N3O2/c1-12-5-4-6-13(2)20(12)19-17(21)14(3)22-16-9-7-15(11-18)8-10-16/h7-10,12-14H,4-6H2,1-3H3,(H,19,21). The molecule has 0 spiro atoms. The van der Waals surface area contributed by atoms with Crippen LogP contribution in [0, 0.1) is 11.3 Å². The Labute approximate surface area is 131 Å². The van der Waals surface area contributed by atoms with Crippen molar-refractivity contribution in [3.63, 3.8) is 0 Å². The third kappa shape index (κ3) is 3.99. The molecule has 1 amide bonds. The van der Waals surface area contributed by atoms with E-state index in [2.05, 4.69) is 25.3 Å². The van der Waals surface area contributed by atoms with Gasteiger partial charge in [0.2, 0.25) is 0 Å². The fraction of sp³-hybridized carbons (Fsp3) is 0.529. The minimum Gasteiger partial charge on any atom is -0.481 e. The highest BCUT2D eigenvalue weighted by molar-refractivity contribution is 5.80. The third-order valence-corrected chi connectivity index (χ3v) is 4.10. The molecule has 22 heavy (non-hydrogen) atoms. The average Bonchev–Trinajstić information content (AvgIpc) is 2.51. The minimum absolute atomic E-state index is 0.148. The molecule has 0 bridgehead atoms. The lowest BCUT2D eigenvalue weighted by Crippen LogP contribution is -2.56. The zero-order valence-electron chi connectivity index (χ0n) is 13.4. The van der Waals surface area contributed by atoms with Crippen molar-refractivity contribution in [1.29, 1.82) is 5.26 Å². The first-order chi connectivity index (χ1) is 10.5. The van der Waals surface area contributed by atoms with Gasteiger partial charge in [-0.05, 0) is 57.9 Å². The van der Waals surface area contributed by atoms with Gasteiger partial charge in [-0.2, -0.15) is 5.26 Å². The second-order valence-corrected chi connectivity index (χ2v) is 5.91. The van der Waals surface area contributed by atoms with E-state index in [0.29, 0.717) is 23.4 Å². The topological polar surface area (TPSA) is 65.4 Å². The van der Waals surface area contributed by atoms with Crippen LogP contribution in [0.3, 0.4) is 0 Å². The van der Waals surface area contributed by atoms with Crippen LogP contribution < -0.4 is 10.2 Å². The Morgan fingerprint density at radius 1 is 1.32 bits per heavy atom. The second-order valence-electron chi connectivity index (χ2n) is 5.91. The molecule has 1 aromatic carbocycles. The van der Waals surface area contributed by atoms with E-state index in [-0.39, 0.29) is 5.91 Å². The highest BCUT2D eigenvalue weighted by Gasteiger charge is 2.28. The molecule has 0 saturated carbocycles. The second kappa shape index (κ2) is 7.28. The summed E-state index contributed by atoms with van der Waals surface area (Å²) in [5.74, 6) is 0.436. The molecule has 5 heteroatoms. The van der Waals surface area contributed by atoms with Crippen LogP contribution in [-0.2, 0) is 4.79 Å². The van der Waals surface area contributed by atoms with Crippen molar-refractivity contribution >= 4 is 5.91 Å². The molecule has 1 aromatic rings. The van der Waals surface area contributed by atoms with Crippen molar-refractivity contribution in [2.45, 2.75) is 58.2 Å². The molecular formula is C17H23N3O2. The summed E-state index contributed by atoms with van der Waals surface area (Å²) >= 11 is 0. The number of rotatable bonds is 4. The Kier molecular flexibility index (Phi) is 5.40. The zero-order chi connectivity index (χ0) is 16.1. The lowest BCUT2D eigenvalue weighted by atomic mass is 10.00. The van der Waals surface area contributed by atoms with Crippen molar-refractivity contribution in [1.82, 2.24) is 10.4 Å². The fourth-order valence-corrected chi connectivity index (χ4v) is 2.73. The van der Waals surface area contributed by atoms with E-state index in [4.69, 9.17) is 10.00 Å². The molecule has 1 aliphatic heterocycles. The first kappa shape index (κ1) is 16.3. The van der Waals surface area contributed by atoms with E-state index >= 15 is 0 Å². The molecule has 0 aliphatic carbocycles. The van der Waals surface area contributed by atoms with Crippen LogP contribution in [0.15, 0.2) is 24.3 Å². The van der Waals surface area contributed by atoms with Crippen molar-refractivity contribution in [3.05, 3.63) is 29.8 Å². The van der Waals surface area contributed by atoms with Gasteiger partial charge in [0.05, 0.1) is 11.6 Å². The molecule has 1 heterocycles. The largest absolute Gasteiger partial charge is 0.481 e. The Hall–Kier alpha value is -2.06. The molecule has 1 N–H and O–H groups in total. The maximum absolute atomic E-state index is 12.3. The highest BCUT2D eigenvalue weighted by Crippen LogP contribution is 2.20. The summed E-state index contributed by atoms with van der Waals surface area (Å²) < 4.78 is 5.64. The highest BCUT2D eigenvalue weighted by atomic mass is 16.5. The van der Waals surface area contributed by atoms with E-state index in [0.717, 1.165) is 12.8 Å². The molecule has 3 atom stereocenters. The van der Waals surface area contributed by atoms with E-state index in [1.807, 2.05) is 5.01 Å². The number of carbonyl (C=O) groups excluding carboxylic acids is 1. The van der Waals surface area contributed by atoms with E-state index in [9.17, 15) is 4.79 Å². The number of piperidine rings is 1. The van der Waals surface area contributed by atoms with Gasteiger partial charge in [-0.25, -0.2) is 5.01 Å². The van der Waals surface area contributed by atoms with Crippen LogP contribution >= 0.6 is 0 Å².